The molecule has 57 heavy (non-hydrogen) atoms. The van der Waals surface area contributed by atoms with E-state index in [2.05, 4.69) is 26.6 Å². The topological polar surface area (TPSA) is 350 Å². The summed E-state index contributed by atoms with van der Waals surface area (Å²) in [5.74, 6) is -9.45. The minimum atomic E-state index is -1.85. The van der Waals surface area contributed by atoms with Crippen molar-refractivity contribution in [1.82, 2.24) is 31.5 Å². The first-order chi connectivity index (χ1) is 26.8. The highest BCUT2D eigenvalue weighted by molar-refractivity contribution is 5.98. The molecular weight excluding hydrogens is 752 g/mol. The molecule has 21 heteroatoms. The molecule has 1 fully saturated rings. The molecule has 1 heterocycles. The monoisotopic (exact) mass is 798 g/mol. The number of nitrogens with zero attached hydrogens (tertiary/aromatic N) is 1. The fraction of sp³-hybridized carbons (Fsp3) is 0.417. The fourth-order valence-corrected chi connectivity index (χ4v) is 5.85. The van der Waals surface area contributed by atoms with E-state index < -0.39 is 109 Å². The Bertz CT molecular complexity index is 1820. The van der Waals surface area contributed by atoms with Crippen molar-refractivity contribution < 1.29 is 63.6 Å². The average Bonchev–Trinajstić information content (AvgIpc) is 3.64. The molecule has 3 rings (SSSR count). The van der Waals surface area contributed by atoms with Crippen LogP contribution in [0.1, 0.15) is 43.7 Å². The zero-order chi connectivity index (χ0) is 42.4. The van der Waals surface area contributed by atoms with Crippen LogP contribution in [0, 0.1) is 0 Å². The lowest BCUT2D eigenvalue weighted by molar-refractivity contribution is -0.149. The molecule has 0 saturated carbocycles. The van der Waals surface area contributed by atoms with Crippen molar-refractivity contribution in [3.8, 4) is 11.5 Å². The Kier molecular flexibility index (Phi) is 16.3. The normalized spacial score (nSPS) is 16.1. The van der Waals surface area contributed by atoms with Gasteiger partial charge in [0.25, 0.3) is 0 Å². The molecule has 13 N–H and O–H groups in total. The van der Waals surface area contributed by atoms with Crippen molar-refractivity contribution in [2.75, 3.05) is 13.1 Å². The number of primary amides is 1. The predicted octanol–water partition coefficient (Wildman–Crippen LogP) is -3.29. The molecule has 0 radical (unpaired) electrons. The summed E-state index contributed by atoms with van der Waals surface area (Å²) in [6.45, 7) is 0.834. The van der Waals surface area contributed by atoms with Crippen molar-refractivity contribution in [2.24, 2.45) is 11.5 Å². The quantitative estimate of drug-likeness (QED) is 0.0626. The number of phenolic OH excluding ortho intramolecular Hbond substituents is 2. The number of nitrogens with one attached hydrogen (secondary N) is 5. The van der Waals surface area contributed by atoms with Crippen molar-refractivity contribution in [3.63, 3.8) is 0 Å². The van der Waals surface area contributed by atoms with E-state index in [4.69, 9.17) is 11.5 Å². The fourth-order valence-electron chi connectivity index (χ4n) is 5.85. The highest BCUT2D eigenvalue weighted by Crippen LogP contribution is 2.19. The van der Waals surface area contributed by atoms with Crippen LogP contribution < -0.4 is 38.1 Å². The molecule has 0 unspecified atom stereocenters. The predicted molar refractivity (Wildman–Crippen MR) is 196 cm³/mol. The molecule has 2 aromatic carbocycles. The average molecular weight is 799 g/mol. The summed E-state index contributed by atoms with van der Waals surface area (Å²) in [6, 6.07) is 2.43. The second-order valence-corrected chi connectivity index (χ2v) is 13.3. The molecule has 0 bridgehead atoms. The Morgan fingerprint density at radius 3 is 1.72 bits per heavy atom. The number of nitrogens with two attached hydrogens (primary N) is 2. The van der Waals surface area contributed by atoms with Gasteiger partial charge in [0.1, 0.15) is 41.7 Å². The molecule has 6 atom stereocenters. The van der Waals surface area contributed by atoms with Crippen molar-refractivity contribution in [2.45, 2.75) is 81.7 Å². The molecule has 308 valence electrons. The molecular formula is C36H46N8O13. The minimum absolute atomic E-state index is 0.102. The minimum Gasteiger partial charge on any atom is -0.508 e. The van der Waals surface area contributed by atoms with Gasteiger partial charge < -0.3 is 63.4 Å². The smallest absolute Gasteiger partial charge is 0.326 e. The van der Waals surface area contributed by atoms with Gasteiger partial charge in [-0.1, -0.05) is 24.3 Å². The molecule has 7 amide bonds. The maximum atomic E-state index is 13.6. The van der Waals surface area contributed by atoms with Gasteiger partial charge in [0.05, 0.1) is 25.4 Å². The number of carbonyl (C=O) groups excluding carboxylic acids is 7. The molecule has 0 aliphatic carbocycles. The number of carbonyl (C=O) groups is 9. The third-order valence-electron chi connectivity index (χ3n) is 8.78. The number of hydrogen-bond acceptors (Lipinski definition) is 12. The van der Waals surface area contributed by atoms with Crippen LogP contribution in [0.3, 0.4) is 0 Å². The number of hydrogen-bond donors (Lipinski definition) is 11. The number of carboxylic acid groups (broad SMARTS) is 2. The lowest BCUT2D eigenvalue weighted by Crippen LogP contribution is -2.59. The van der Waals surface area contributed by atoms with Crippen LogP contribution in [0.5, 0.6) is 11.5 Å². The number of benzene rings is 2. The largest absolute Gasteiger partial charge is 0.508 e. The summed E-state index contributed by atoms with van der Waals surface area (Å²) >= 11 is 0. The van der Waals surface area contributed by atoms with E-state index in [1.807, 2.05) is 0 Å². The van der Waals surface area contributed by atoms with E-state index in [1.54, 1.807) is 0 Å². The molecule has 2 aromatic rings. The molecule has 1 aliphatic heterocycles. The third-order valence-corrected chi connectivity index (χ3v) is 8.78. The van der Waals surface area contributed by atoms with E-state index in [1.165, 1.54) is 55.5 Å². The second kappa shape index (κ2) is 20.8. The standard InChI is InChI=1S/C36H46N8O13/c1-18(35(55)44-12-2-3-27(44)36(56)57)40-29(48)17-39-32(52)24(13-19-4-8-21(45)9-5-19)42-34(54)26(16-30(49)50)43-33(53)25(14-20-6-10-22(46)11-7-20)41-31(51)23(37)15-28(38)47/h4-11,18,23-27,45-46H,2-3,12-17,37H2,1H3,(H2,38,47)(H,39,52)(H,40,48)(H,41,51)(H,42,54)(H,43,53)(H,49,50)(H,56,57)/t18-,23-,24-,25-,26-,27-/m0/s1. The summed E-state index contributed by atoms with van der Waals surface area (Å²) in [5.41, 5.74) is 11.7. The summed E-state index contributed by atoms with van der Waals surface area (Å²) < 4.78 is 0. The van der Waals surface area contributed by atoms with Gasteiger partial charge in [0.15, 0.2) is 0 Å². The summed E-state index contributed by atoms with van der Waals surface area (Å²) in [5, 5.41) is 50.1. The Hall–Kier alpha value is -6.77. The molecule has 0 aromatic heterocycles. The van der Waals surface area contributed by atoms with Crippen molar-refractivity contribution >= 4 is 53.3 Å². The van der Waals surface area contributed by atoms with Crippen molar-refractivity contribution in [1.29, 1.82) is 0 Å². The third kappa shape index (κ3) is 14.1. The van der Waals surface area contributed by atoms with Crippen LogP contribution in [0.2, 0.25) is 0 Å². The summed E-state index contributed by atoms with van der Waals surface area (Å²) in [4.78, 5) is 115. The zero-order valence-electron chi connectivity index (χ0n) is 30.8. The molecule has 1 saturated heterocycles. The number of aliphatic carboxylic acids is 2. The van der Waals surface area contributed by atoms with Crippen LogP contribution in [-0.4, -0.2) is 128 Å². The van der Waals surface area contributed by atoms with Crippen LogP contribution >= 0.6 is 0 Å². The number of aromatic hydroxyl groups is 2. The van der Waals surface area contributed by atoms with Gasteiger partial charge in [-0.3, -0.25) is 38.4 Å². The zero-order valence-corrected chi connectivity index (χ0v) is 30.8. The highest BCUT2D eigenvalue weighted by atomic mass is 16.4. The lowest BCUT2D eigenvalue weighted by Gasteiger charge is -2.26. The van der Waals surface area contributed by atoms with Crippen molar-refractivity contribution in [3.05, 3.63) is 59.7 Å². The first-order valence-corrected chi connectivity index (χ1v) is 17.7. The number of likely N-dealkylation sites (tertiary alicyclic amines) is 1. The highest BCUT2D eigenvalue weighted by Gasteiger charge is 2.37. The van der Waals surface area contributed by atoms with E-state index in [-0.39, 0.29) is 37.3 Å². The number of amides is 7. The lowest BCUT2D eigenvalue weighted by atomic mass is 10.0. The van der Waals surface area contributed by atoms with Gasteiger partial charge in [-0.2, -0.15) is 0 Å². The van der Waals surface area contributed by atoms with E-state index in [9.17, 15) is 63.6 Å². The number of phenols is 2. The van der Waals surface area contributed by atoms with Gasteiger partial charge in [-0.15, -0.1) is 0 Å². The van der Waals surface area contributed by atoms with Crippen LogP contribution in [0.15, 0.2) is 48.5 Å². The maximum absolute atomic E-state index is 13.6. The summed E-state index contributed by atoms with van der Waals surface area (Å²) in [6.07, 6.45) is -1.36. The van der Waals surface area contributed by atoms with E-state index in [0.29, 0.717) is 17.5 Å². The Morgan fingerprint density at radius 2 is 1.21 bits per heavy atom. The Balaban J connectivity index is 1.78. The van der Waals surface area contributed by atoms with Gasteiger partial charge in [0.2, 0.25) is 41.4 Å². The van der Waals surface area contributed by atoms with E-state index >= 15 is 0 Å². The summed E-state index contributed by atoms with van der Waals surface area (Å²) in [7, 11) is 0. The Morgan fingerprint density at radius 1 is 0.719 bits per heavy atom. The molecule has 1 aliphatic rings. The maximum Gasteiger partial charge on any atom is 0.326 e. The second-order valence-electron chi connectivity index (χ2n) is 13.3. The van der Waals surface area contributed by atoms with Gasteiger partial charge in [-0.05, 0) is 55.2 Å². The van der Waals surface area contributed by atoms with Gasteiger partial charge >= 0.3 is 11.9 Å². The number of carboxylic acids is 2. The van der Waals surface area contributed by atoms with E-state index in [0.717, 1.165) is 4.90 Å². The van der Waals surface area contributed by atoms with Gasteiger partial charge in [-0.25, -0.2) is 4.79 Å². The SMILES string of the molecule is C[C@H](NC(=O)CNC(=O)[C@H](Cc1ccc(O)cc1)NC(=O)[C@H](CC(=O)O)NC(=O)[C@H](Cc1ccc(O)cc1)NC(=O)[C@@H](N)CC(N)=O)C(=O)N1CCC[C@H]1C(=O)O. The van der Waals surface area contributed by atoms with Crippen LogP contribution in [-0.2, 0) is 56.0 Å². The number of rotatable bonds is 20. The van der Waals surface area contributed by atoms with Gasteiger partial charge in [0, 0.05) is 19.4 Å². The van der Waals surface area contributed by atoms with Crippen LogP contribution in [0.4, 0.5) is 0 Å². The Labute approximate surface area is 325 Å². The molecule has 21 nitrogen and oxygen atoms in total. The molecule has 0 spiro atoms. The van der Waals surface area contributed by atoms with Crippen LogP contribution in [0.25, 0.3) is 0 Å². The first kappa shape index (κ1) is 44.6. The first-order valence-electron chi connectivity index (χ1n) is 17.7.